The van der Waals surface area contributed by atoms with Gasteiger partial charge in [-0.25, -0.2) is 0 Å². The Morgan fingerprint density at radius 2 is 1.54 bits per heavy atom. The predicted octanol–water partition coefficient (Wildman–Crippen LogP) is 1.98. The van der Waals surface area contributed by atoms with Crippen LogP contribution in [0.5, 0.6) is 0 Å². The Bertz CT molecular complexity index is 256. The van der Waals surface area contributed by atoms with Gasteiger partial charge in [-0.15, -0.1) is 0 Å². The lowest BCUT2D eigenvalue weighted by atomic mass is 9.93. The molecule has 1 nitrogen and oxygen atoms in total. The van der Waals surface area contributed by atoms with Gasteiger partial charge in [-0.05, 0) is 42.9 Å². The van der Waals surface area contributed by atoms with Crippen LogP contribution >= 0.6 is 0 Å². The molecule has 3 heterocycles. The second-order valence-corrected chi connectivity index (χ2v) is 6.03. The average molecular weight is 177 g/mol. The number of fused-ring (bicyclic) bond motifs is 1. The highest BCUT2D eigenvalue weighted by atomic mass is 15.5. The fraction of sp³-hybridized carbons (Fsp3) is 1.00. The van der Waals surface area contributed by atoms with Crippen molar-refractivity contribution in [2.24, 2.45) is 29.6 Å². The monoisotopic (exact) mass is 177 g/mol. The molecule has 5 fully saturated rings. The molecule has 72 valence electrons. The van der Waals surface area contributed by atoms with Gasteiger partial charge in [0.15, 0.2) is 0 Å². The Morgan fingerprint density at radius 1 is 0.923 bits per heavy atom. The zero-order valence-corrected chi connectivity index (χ0v) is 8.77. The molecule has 13 heavy (non-hydrogen) atoms. The van der Waals surface area contributed by atoms with Crippen molar-refractivity contribution in [1.29, 1.82) is 0 Å². The molecule has 0 aromatic carbocycles. The van der Waals surface area contributed by atoms with Crippen molar-refractivity contribution < 1.29 is 0 Å². The Hall–Kier alpha value is -0.0400. The number of nitrogens with zero attached hydrogens (tertiary/aromatic N) is 1. The van der Waals surface area contributed by atoms with Crippen LogP contribution in [0.15, 0.2) is 0 Å². The predicted molar refractivity (Wildman–Crippen MR) is 52.3 cm³/mol. The molecule has 6 unspecified atom stereocenters. The van der Waals surface area contributed by atoms with E-state index < -0.39 is 0 Å². The summed E-state index contributed by atoms with van der Waals surface area (Å²) in [6.07, 6.45) is 1.55. The van der Waals surface area contributed by atoms with Crippen LogP contribution in [0.1, 0.15) is 27.2 Å². The first-order chi connectivity index (χ1) is 6.22. The Balaban J connectivity index is 1.46. The summed E-state index contributed by atoms with van der Waals surface area (Å²) >= 11 is 0. The van der Waals surface area contributed by atoms with E-state index in [9.17, 15) is 0 Å². The second-order valence-electron chi connectivity index (χ2n) is 6.03. The standard InChI is InChI=1S/C12H19N/c1-5-6(2)8(5)4-9-7(3)13-11-10(9)12(11)13/h5-12H,4H2,1-3H3. The first-order valence-corrected chi connectivity index (χ1v) is 5.99. The zero-order valence-electron chi connectivity index (χ0n) is 8.77. The van der Waals surface area contributed by atoms with Gasteiger partial charge in [0, 0.05) is 18.1 Å². The van der Waals surface area contributed by atoms with Crippen molar-refractivity contribution in [2.75, 3.05) is 0 Å². The maximum atomic E-state index is 2.74. The maximum absolute atomic E-state index is 2.74. The number of hydrogen-bond donors (Lipinski definition) is 0. The molecular weight excluding hydrogens is 158 g/mol. The van der Waals surface area contributed by atoms with Gasteiger partial charge in [0.05, 0.1) is 0 Å². The minimum Gasteiger partial charge on any atom is -0.291 e. The molecular formula is C12H19N. The molecule has 3 aliphatic heterocycles. The fourth-order valence-corrected chi connectivity index (χ4v) is 4.34. The number of rotatable bonds is 2. The van der Waals surface area contributed by atoms with Crippen LogP contribution < -0.4 is 0 Å². The number of hydrogen-bond acceptors (Lipinski definition) is 1. The average Bonchev–Trinajstić information content (AvgIpc) is 2.98. The topological polar surface area (TPSA) is 3.01 Å². The van der Waals surface area contributed by atoms with Gasteiger partial charge in [0.2, 0.25) is 0 Å². The van der Waals surface area contributed by atoms with E-state index in [0.717, 1.165) is 47.7 Å². The largest absolute Gasteiger partial charge is 0.291 e. The molecule has 1 heteroatoms. The van der Waals surface area contributed by atoms with Crippen LogP contribution in [-0.2, 0) is 0 Å². The minimum absolute atomic E-state index is 0.944. The molecule has 2 bridgehead atoms. The van der Waals surface area contributed by atoms with E-state index in [2.05, 4.69) is 25.7 Å². The summed E-state index contributed by atoms with van der Waals surface area (Å²) in [5.41, 5.74) is 0. The highest BCUT2D eigenvalue weighted by Crippen LogP contribution is 2.71. The molecule has 6 atom stereocenters. The van der Waals surface area contributed by atoms with Gasteiger partial charge in [-0.3, -0.25) is 4.90 Å². The Kier molecular flexibility index (Phi) is 1.03. The normalized spacial score (nSPS) is 76.4. The molecule has 5 rings (SSSR count). The molecule has 0 spiro atoms. The summed E-state index contributed by atoms with van der Waals surface area (Å²) in [4.78, 5) is 2.74. The van der Waals surface area contributed by atoms with E-state index in [1.165, 1.54) is 0 Å². The molecule has 0 aromatic rings. The van der Waals surface area contributed by atoms with Gasteiger partial charge >= 0.3 is 0 Å². The number of piperidine rings is 1. The van der Waals surface area contributed by atoms with Crippen LogP contribution in [0.25, 0.3) is 0 Å². The van der Waals surface area contributed by atoms with E-state index in [0.29, 0.717) is 0 Å². The summed E-state index contributed by atoms with van der Waals surface area (Å²) < 4.78 is 0. The molecule has 5 aliphatic rings. The van der Waals surface area contributed by atoms with Crippen LogP contribution in [0, 0.1) is 29.6 Å². The highest BCUT2D eigenvalue weighted by Gasteiger charge is 2.82. The second kappa shape index (κ2) is 1.84. The van der Waals surface area contributed by atoms with E-state index in [4.69, 9.17) is 0 Å². The molecule has 0 aromatic heterocycles. The summed E-state index contributed by atoms with van der Waals surface area (Å²) in [5, 5.41) is 0. The molecule has 2 aliphatic carbocycles. The first-order valence-electron chi connectivity index (χ1n) is 5.99. The minimum atomic E-state index is 0.944. The van der Waals surface area contributed by atoms with Crippen LogP contribution in [0.4, 0.5) is 0 Å². The van der Waals surface area contributed by atoms with Gasteiger partial charge < -0.3 is 0 Å². The molecule has 0 amide bonds. The Labute approximate surface area is 80.5 Å². The third-order valence-electron chi connectivity index (χ3n) is 5.76. The van der Waals surface area contributed by atoms with Gasteiger partial charge in [-0.2, -0.15) is 0 Å². The van der Waals surface area contributed by atoms with Crippen molar-refractivity contribution >= 4 is 0 Å². The molecule has 3 saturated heterocycles. The lowest BCUT2D eigenvalue weighted by Gasteiger charge is -2.13. The Morgan fingerprint density at radius 3 is 1.92 bits per heavy atom. The van der Waals surface area contributed by atoms with Crippen molar-refractivity contribution in [2.45, 2.75) is 45.3 Å². The van der Waals surface area contributed by atoms with E-state index >= 15 is 0 Å². The molecule has 0 radical (unpaired) electrons. The van der Waals surface area contributed by atoms with Gasteiger partial charge in [0.25, 0.3) is 0 Å². The highest BCUT2D eigenvalue weighted by molar-refractivity contribution is 5.36. The smallest absolute Gasteiger partial charge is 0.0308 e. The van der Waals surface area contributed by atoms with Crippen molar-refractivity contribution in [1.82, 2.24) is 4.90 Å². The maximum Gasteiger partial charge on any atom is 0.0308 e. The molecule has 2 saturated carbocycles. The van der Waals surface area contributed by atoms with Crippen LogP contribution in [0.3, 0.4) is 0 Å². The van der Waals surface area contributed by atoms with Crippen molar-refractivity contribution in [3.63, 3.8) is 0 Å². The van der Waals surface area contributed by atoms with E-state index in [1.807, 2.05) is 0 Å². The van der Waals surface area contributed by atoms with Gasteiger partial charge in [0.1, 0.15) is 0 Å². The zero-order chi connectivity index (χ0) is 8.90. The lowest BCUT2D eigenvalue weighted by molar-refractivity contribution is 0.365. The van der Waals surface area contributed by atoms with E-state index in [1.54, 1.807) is 6.42 Å². The lowest BCUT2D eigenvalue weighted by Crippen LogP contribution is -2.16. The van der Waals surface area contributed by atoms with E-state index in [-0.39, 0.29) is 0 Å². The summed E-state index contributed by atoms with van der Waals surface area (Å²) in [6.45, 7) is 7.33. The summed E-state index contributed by atoms with van der Waals surface area (Å²) in [5.74, 6) is 5.42. The van der Waals surface area contributed by atoms with Crippen molar-refractivity contribution in [3.8, 4) is 0 Å². The summed E-state index contributed by atoms with van der Waals surface area (Å²) in [6, 6.07) is 3.12. The van der Waals surface area contributed by atoms with Crippen molar-refractivity contribution in [3.05, 3.63) is 0 Å². The fourth-order valence-electron chi connectivity index (χ4n) is 4.34. The summed E-state index contributed by atoms with van der Waals surface area (Å²) in [7, 11) is 0. The third kappa shape index (κ3) is 0.674. The van der Waals surface area contributed by atoms with Crippen LogP contribution in [0.2, 0.25) is 0 Å². The van der Waals surface area contributed by atoms with Crippen LogP contribution in [-0.4, -0.2) is 23.0 Å². The first kappa shape index (κ1) is 7.28. The SMILES string of the molecule is CC1C(C)C1CC1C2C3C2N3C1C. The third-order valence-corrected chi connectivity index (χ3v) is 5.76. The molecule has 0 N–H and O–H groups in total. The quantitative estimate of drug-likeness (QED) is 0.583. The van der Waals surface area contributed by atoms with Gasteiger partial charge in [-0.1, -0.05) is 13.8 Å².